The van der Waals surface area contributed by atoms with Crippen LogP contribution in [0.15, 0.2) is 54.6 Å². The highest BCUT2D eigenvalue weighted by Gasteiger charge is 2.28. The molecule has 2 aromatic carbocycles. The second-order valence-corrected chi connectivity index (χ2v) is 5.97. The zero-order valence-corrected chi connectivity index (χ0v) is 13.5. The first kappa shape index (κ1) is 16.3. The van der Waals surface area contributed by atoms with E-state index in [4.69, 9.17) is 4.84 Å². The van der Waals surface area contributed by atoms with Crippen molar-refractivity contribution in [2.45, 2.75) is 31.9 Å². The number of piperidine rings is 1. The quantitative estimate of drug-likeness (QED) is 0.793. The van der Waals surface area contributed by atoms with Crippen LogP contribution in [-0.4, -0.2) is 23.7 Å². The highest BCUT2D eigenvalue weighted by molar-refractivity contribution is 5.78. The minimum atomic E-state index is -0.747. The summed E-state index contributed by atoms with van der Waals surface area (Å²) in [5.74, 6) is -0.747. The molecule has 5 nitrogen and oxygen atoms in total. The van der Waals surface area contributed by atoms with E-state index in [9.17, 15) is 9.90 Å². The number of anilines is 2. The molecule has 1 heterocycles. The molecule has 0 spiro atoms. The van der Waals surface area contributed by atoms with Gasteiger partial charge in [-0.2, -0.15) is 0 Å². The monoisotopic (exact) mass is 326 g/mol. The molecule has 1 atom stereocenters. The maximum atomic E-state index is 11.4. The van der Waals surface area contributed by atoms with Crippen molar-refractivity contribution >= 4 is 17.3 Å². The summed E-state index contributed by atoms with van der Waals surface area (Å²) in [4.78, 5) is 18.9. The van der Waals surface area contributed by atoms with Gasteiger partial charge in [-0.3, -0.25) is 10.3 Å². The van der Waals surface area contributed by atoms with Gasteiger partial charge in [-0.15, -0.1) is 0 Å². The van der Waals surface area contributed by atoms with Crippen LogP contribution in [0, 0.1) is 0 Å². The average molecular weight is 326 g/mol. The van der Waals surface area contributed by atoms with Crippen molar-refractivity contribution in [1.82, 2.24) is 0 Å². The van der Waals surface area contributed by atoms with Crippen molar-refractivity contribution < 1.29 is 14.7 Å². The summed E-state index contributed by atoms with van der Waals surface area (Å²) in [6, 6.07) is 17.2. The number of carboxylic acid groups (broad SMARTS) is 1. The van der Waals surface area contributed by atoms with Crippen molar-refractivity contribution in [3.63, 3.8) is 0 Å². The van der Waals surface area contributed by atoms with Crippen LogP contribution in [0.25, 0.3) is 0 Å². The Balaban J connectivity index is 1.57. The molecule has 1 saturated heterocycles. The zero-order valence-electron chi connectivity index (χ0n) is 13.5. The van der Waals surface area contributed by atoms with E-state index in [0.29, 0.717) is 13.0 Å². The third-order valence-corrected chi connectivity index (χ3v) is 4.26. The summed E-state index contributed by atoms with van der Waals surface area (Å²) >= 11 is 0. The normalized spacial score (nSPS) is 17.5. The Morgan fingerprint density at radius 1 is 1.12 bits per heavy atom. The van der Waals surface area contributed by atoms with Crippen LogP contribution in [0.4, 0.5) is 11.4 Å². The Morgan fingerprint density at radius 3 is 2.58 bits per heavy atom. The van der Waals surface area contributed by atoms with E-state index in [1.54, 1.807) is 0 Å². The summed E-state index contributed by atoms with van der Waals surface area (Å²) in [6.07, 6.45) is 2.71. The van der Waals surface area contributed by atoms with E-state index in [1.165, 1.54) is 0 Å². The molecule has 2 aromatic rings. The van der Waals surface area contributed by atoms with E-state index < -0.39 is 12.0 Å². The lowest BCUT2D eigenvalue weighted by Crippen LogP contribution is -2.44. The fourth-order valence-corrected chi connectivity index (χ4v) is 3.00. The SMILES string of the molecule is O=C(O)[C@@H]1CCCCN1c1ccc(NOCc2ccccc2)cc1. The number of nitrogens with zero attached hydrogens (tertiary/aromatic N) is 1. The maximum Gasteiger partial charge on any atom is 0.326 e. The zero-order chi connectivity index (χ0) is 16.8. The number of hydrogen-bond donors (Lipinski definition) is 2. The summed E-state index contributed by atoms with van der Waals surface area (Å²) < 4.78 is 0. The lowest BCUT2D eigenvalue weighted by Gasteiger charge is -2.34. The van der Waals surface area contributed by atoms with Crippen molar-refractivity contribution in [1.29, 1.82) is 0 Å². The molecule has 24 heavy (non-hydrogen) atoms. The molecule has 0 amide bonds. The second-order valence-electron chi connectivity index (χ2n) is 5.97. The molecule has 126 valence electrons. The fraction of sp³-hybridized carbons (Fsp3) is 0.316. The van der Waals surface area contributed by atoms with Gasteiger partial charge in [-0.05, 0) is 49.1 Å². The van der Waals surface area contributed by atoms with Crippen LogP contribution < -0.4 is 10.4 Å². The molecule has 1 aliphatic heterocycles. The van der Waals surface area contributed by atoms with Gasteiger partial charge in [0.25, 0.3) is 0 Å². The molecular weight excluding hydrogens is 304 g/mol. The number of hydrogen-bond acceptors (Lipinski definition) is 4. The van der Waals surface area contributed by atoms with Gasteiger partial charge >= 0.3 is 5.97 Å². The first-order valence-corrected chi connectivity index (χ1v) is 8.25. The van der Waals surface area contributed by atoms with Crippen molar-refractivity contribution in [3.8, 4) is 0 Å². The lowest BCUT2D eigenvalue weighted by molar-refractivity contribution is -0.139. The first-order chi connectivity index (χ1) is 11.7. The van der Waals surface area contributed by atoms with E-state index in [2.05, 4.69) is 5.48 Å². The highest BCUT2D eigenvalue weighted by atomic mass is 16.6. The molecule has 2 N–H and O–H groups in total. The second kappa shape index (κ2) is 7.84. The van der Waals surface area contributed by atoms with E-state index in [0.717, 1.165) is 36.3 Å². The van der Waals surface area contributed by atoms with Crippen LogP contribution in [0.5, 0.6) is 0 Å². The molecule has 0 saturated carbocycles. The summed E-state index contributed by atoms with van der Waals surface area (Å²) in [5.41, 5.74) is 5.81. The van der Waals surface area contributed by atoms with Crippen LogP contribution in [-0.2, 0) is 16.2 Å². The Hall–Kier alpha value is -2.53. The minimum absolute atomic E-state index is 0.424. The molecule has 3 rings (SSSR count). The third kappa shape index (κ3) is 4.06. The first-order valence-electron chi connectivity index (χ1n) is 8.25. The smallest absolute Gasteiger partial charge is 0.326 e. The third-order valence-electron chi connectivity index (χ3n) is 4.26. The molecule has 0 radical (unpaired) electrons. The fourth-order valence-electron chi connectivity index (χ4n) is 3.00. The standard InChI is InChI=1S/C19H22N2O3/c22-19(23)18-8-4-5-13-21(18)17-11-9-16(10-12-17)20-24-14-15-6-2-1-3-7-15/h1-3,6-7,9-12,18,20H,4-5,8,13-14H2,(H,22,23)/t18-/m0/s1. The molecular formula is C19H22N2O3. The largest absolute Gasteiger partial charge is 0.480 e. The molecule has 1 aliphatic rings. The van der Waals surface area contributed by atoms with Gasteiger partial charge in [0.2, 0.25) is 0 Å². The van der Waals surface area contributed by atoms with Gasteiger partial charge in [0.1, 0.15) is 6.04 Å². The molecule has 0 aliphatic carbocycles. The summed E-state index contributed by atoms with van der Waals surface area (Å²) in [7, 11) is 0. The van der Waals surface area contributed by atoms with Crippen LogP contribution in [0.2, 0.25) is 0 Å². The predicted molar refractivity (Wildman–Crippen MR) is 93.9 cm³/mol. The van der Waals surface area contributed by atoms with Crippen LogP contribution >= 0.6 is 0 Å². The van der Waals surface area contributed by atoms with Crippen molar-refractivity contribution in [2.24, 2.45) is 0 Å². The maximum absolute atomic E-state index is 11.4. The number of nitrogens with one attached hydrogen (secondary N) is 1. The number of carbonyl (C=O) groups is 1. The number of aliphatic carboxylic acids is 1. The van der Waals surface area contributed by atoms with Gasteiger partial charge in [-0.1, -0.05) is 30.3 Å². The Bertz CT molecular complexity index is 658. The van der Waals surface area contributed by atoms with Gasteiger partial charge in [0.15, 0.2) is 0 Å². The average Bonchev–Trinajstić information content (AvgIpc) is 2.63. The van der Waals surface area contributed by atoms with E-state index in [-0.39, 0.29) is 0 Å². The molecule has 0 bridgehead atoms. The number of benzene rings is 2. The van der Waals surface area contributed by atoms with E-state index in [1.807, 2.05) is 59.5 Å². The molecule has 5 heteroatoms. The topological polar surface area (TPSA) is 61.8 Å². The molecule has 0 unspecified atom stereocenters. The molecule has 1 fully saturated rings. The Morgan fingerprint density at radius 2 is 1.88 bits per heavy atom. The molecule has 0 aromatic heterocycles. The van der Waals surface area contributed by atoms with Crippen LogP contribution in [0.3, 0.4) is 0 Å². The van der Waals surface area contributed by atoms with Crippen molar-refractivity contribution in [3.05, 3.63) is 60.2 Å². The number of carboxylic acids is 1. The van der Waals surface area contributed by atoms with Gasteiger partial charge in [-0.25, -0.2) is 4.79 Å². The lowest BCUT2D eigenvalue weighted by atomic mass is 10.0. The highest BCUT2D eigenvalue weighted by Crippen LogP contribution is 2.26. The van der Waals surface area contributed by atoms with Gasteiger partial charge in [0, 0.05) is 12.2 Å². The van der Waals surface area contributed by atoms with E-state index >= 15 is 0 Å². The van der Waals surface area contributed by atoms with Crippen LogP contribution in [0.1, 0.15) is 24.8 Å². The summed E-state index contributed by atoms with van der Waals surface area (Å²) in [6.45, 7) is 1.27. The van der Waals surface area contributed by atoms with Gasteiger partial charge in [0.05, 0.1) is 12.3 Å². The Kier molecular flexibility index (Phi) is 5.33. The minimum Gasteiger partial charge on any atom is -0.480 e. The van der Waals surface area contributed by atoms with Gasteiger partial charge < -0.3 is 10.0 Å². The predicted octanol–water partition coefficient (Wildman–Crippen LogP) is 3.67. The summed E-state index contributed by atoms with van der Waals surface area (Å²) in [5, 5.41) is 9.37. The number of rotatable bonds is 6. The van der Waals surface area contributed by atoms with Crippen molar-refractivity contribution in [2.75, 3.05) is 16.9 Å². The Labute approximate surface area is 141 Å².